The molecule has 2 fully saturated rings. The van der Waals surface area contributed by atoms with E-state index in [1.807, 2.05) is 20.8 Å². The van der Waals surface area contributed by atoms with E-state index in [1.165, 1.54) is 64.2 Å². The quantitative estimate of drug-likeness (QED) is 0.240. The minimum atomic E-state index is -0.359. The summed E-state index contributed by atoms with van der Waals surface area (Å²) in [6.45, 7) is 5.87. The number of nitrogens with zero attached hydrogens (tertiary/aromatic N) is 1. The van der Waals surface area contributed by atoms with Crippen molar-refractivity contribution in [2.24, 2.45) is 10.8 Å². The lowest BCUT2D eigenvalue weighted by molar-refractivity contribution is -0.162. The molecule has 0 saturated heterocycles. The number of hydrogen-bond donors (Lipinski definition) is 0. The molecule has 0 bridgehead atoms. The van der Waals surface area contributed by atoms with Gasteiger partial charge in [0.25, 0.3) is 0 Å². The van der Waals surface area contributed by atoms with Gasteiger partial charge in [-0.3, -0.25) is 4.79 Å². The van der Waals surface area contributed by atoms with Gasteiger partial charge in [0.1, 0.15) is 5.60 Å². The van der Waals surface area contributed by atoms with Crippen molar-refractivity contribution < 1.29 is 9.53 Å². The van der Waals surface area contributed by atoms with Crippen LogP contribution in [0, 0.1) is 22.2 Å². The van der Waals surface area contributed by atoms with Crippen LogP contribution in [0.4, 0.5) is 0 Å². The zero-order chi connectivity index (χ0) is 19.8. The minimum Gasteiger partial charge on any atom is -0.460 e. The highest BCUT2D eigenvalue weighted by Crippen LogP contribution is 2.51. The summed E-state index contributed by atoms with van der Waals surface area (Å²) in [6, 6.07) is 2.49. The van der Waals surface area contributed by atoms with Crippen molar-refractivity contribution in [3.8, 4) is 6.07 Å². The Bertz CT molecular complexity index is 503. The number of rotatable bonds is 14. The Kier molecular flexibility index (Phi) is 8.20. The Morgan fingerprint density at radius 3 is 1.63 bits per heavy atom. The molecule has 0 atom stereocenters. The van der Waals surface area contributed by atoms with E-state index in [0.717, 1.165) is 38.5 Å². The van der Waals surface area contributed by atoms with Gasteiger partial charge in [-0.05, 0) is 59.3 Å². The van der Waals surface area contributed by atoms with Crippen LogP contribution >= 0.6 is 0 Å². The third-order valence-corrected chi connectivity index (χ3v) is 6.34. The second-order valence-electron chi connectivity index (χ2n) is 10.2. The molecule has 3 heteroatoms. The second-order valence-corrected chi connectivity index (χ2v) is 10.2. The summed E-state index contributed by atoms with van der Waals surface area (Å²) in [4.78, 5) is 12.3. The van der Waals surface area contributed by atoms with Crippen LogP contribution in [0.1, 0.15) is 124 Å². The molecular weight excluding hydrogens is 334 g/mol. The molecule has 154 valence electrons. The zero-order valence-corrected chi connectivity index (χ0v) is 18.1. The Labute approximate surface area is 167 Å². The molecule has 0 radical (unpaired) electrons. The predicted molar refractivity (Wildman–Crippen MR) is 110 cm³/mol. The lowest BCUT2D eigenvalue weighted by Crippen LogP contribution is -2.29. The van der Waals surface area contributed by atoms with Crippen molar-refractivity contribution in [3.63, 3.8) is 0 Å². The highest BCUT2D eigenvalue weighted by atomic mass is 16.6. The average Bonchev–Trinajstić information content (AvgIpc) is 3.50. The molecule has 2 saturated carbocycles. The molecule has 0 aromatic carbocycles. The van der Waals surface area contributed by atoms with Crippen molar-refractivity contribution >= 4 is 5.97 Å². The summed E-state index contributed by atoms with van der Waals surface area (Å²) in [7, 11) is 0. The zero-order valence-electron chi connectivity index (χ0n) is 18.1. The number of nitriles is 1. The summed E-state index contributed by atoms with van der Waals surface area (Å²) in [5.74, 6) is 0.0392. The van der Waals surface area contributed by atoms with Crippen LogP contribution in [0.15, 0.2) is 0 Å². The maximum Gasteiger partial charge on any atom is 0.312 e. The maximum atomic E-state index is 12.3. The first kappa shape index (κ1) is 22.3. The molecule has 2 aliphatic rings. The van der Waals surface area contributed by atoms with Crippen molar-refractivity contribution in [1.82, 2.24) is 0 Å². The first-order valence-electron chi connectivity index (χ1n) is 11.5. The van der Waals surface area contributed by atoms with Gasteiger partial charge in [0.2, 0.25) is 0 Å². The molecule has 2 rings (SSSR count). The number of ether oxygens (including phenoxy) is 1. The molecule has 0 heterocycles. The van der Waals surface area contributed by atoms with Crippen LogP contribution in [0.2, 0.25) is 0 Å². The SMILES string of the molecule is CC(C)(C)OC(=O)C1(CCCCCCCCCCCCC2(C#N)CC2)CC1. The smallest absolute Gasteiger partial charge is 0.312 e. The first-order chi connectivity index (χ1) is 12.8. The van der Waals surface area contributed by atoms with Crippen molar-refractivity contribution in [1.29, 1.82) is 5.26 Å². The number of carbonyl (C=O) groups is 1. The molecule has 0 aliphatic heterocycles. The molecule has 3 nitrogen and oxygen atoms in total. The van der Waals surface area contributed by atoms with Gasteiger partial charge in [-0.2, -0.15) is 5.26 Å². The highest BCUT2D eigenvalue weighted by Gasteiger charge is 2.51. The molecule has 0 unspecified atom stereocenters. The summed E-state index contributed by atoms with van der Waals surface area (Å²) in [5.41, 5.74) is -0.387. The van der Waals surface area contributed by atoms with Crippen LogP contribution in [-0.2, 0) is 9.53 Å². The Morgan fingerprint density at radius 1 is 0.815 bits per heavy atom. The van der Waals surface area contributed by atoms with Gasteiger partial charge in [-0.15, -0.1) is 0 Å². The van der Waals surface area contributed by atoms with E-state index in [0.29, 0.717) is 0 Å². The van der Waals surface area contributed by atoms with Crippen LogP contribution in [-0.4, -0.2) is 11.6 Å². The van der Waals surface area contributed by atoms with Gasteiger partial charge < -0.3 is 4.74 Å². The Morgan fingerprint density at radius 2 is 1.26 bits per heavy atom. The van der Waals surface area contributed by atoms with Gasteiger partial charge in [0.05, 0.1) is 16.9 Å². The lowest BCUT2D eigenvalue weighted by Gasteiger charge is -2.23. The summed E-state index contributed by atoms with van der Waals surface area (Å²) in [5, 5.41) is 9.06. The van der Waals surface area contributed by atoms with E-state index in [9.17, 15) is 4.79 Å². The molecule has 0 aromatic rings. The minimum absolute atomic E-state index is 0.0392. The maximum absolute atomic E-state index is 12.3. The largest absolute Gasteiger partial charge is 0.460 e. The monoisotopic (exact) mass is 375 g/mol. The fraction of sp³-hybridized carbons (Fsp3) is 0.917. The summed E-state index contributed by atoms with van der Waals surface area (Å²) in [6.07, 6.45) is 19.5. The number of carbonyl (C=O) groups excluding carboxylic acids is 1. The predicted octanol–water partition coefficient (Wildman–Crippen LogP) is 7.09. The van der Waals surface area contributed by atoms with Crippen molar-refractivity contribution in [2.45, 2.75) is 129 Å². The molecular formula is C24H41NO2. The van der Waals surface area contributed by atoms with E-state index in [-0.39, 0.29) is 22.4 Å². The van der Waals surface area contributed by atoms with Gasteiger partial charge >= 0.3 is 5.97 Å². The van der Waals surface area contributed by atoms with Gasteiger partial charge in [0, 0.05) is 0 Å². The standard InChI is InChI=1S/C24H41NO2/c1-22(2,3)27-21(26)24(18-19-24)15-13-11-9-7-5-4-6-8-10-12-14-23(20-25)16-17-23/h4-19H2,1-3H3. The van der Waals surface area contributed by atoms with E-state index in [1.54, 1.807) is 0 Å². The molecule has 27 heavy (non-hydrogen) atoms. The van der Waals surface area contributed by atoms with E-state index < -0.39 is 0 Å². The van der Waals surface area contributed by atoms with Crippen molar-refractivity contribution in [3.05, 3.63) is 0 Å². The fourth-order valence-electron chi connectivity index (χ4n) is 4.00. The number of hydrogen-bond acceptors (Lipinski definition) is 3. The molecule has 0 N–H and O–H groups in total. The van der Waals surface area contributed by atoms with Crippen LogP contribution < -0.4 is 0 Å². The third kappa shape index (κ3) is 8.24. The van der Waals surface area contributed by atoms with Crippen LogP contribution in [0.25, 0.3) is 0 Å². The molecule has 0 aromatic heterocycles. The molecule has 0 spiro atoms. The first-order valence-corrected chi connectivity index (χ1v) is 11.5. The molecule has 0 amide bonds. The van der Waals surface area contributed by atoms with Crippen LogP contribution in [0.5, 0.6) is 0 Å². The average molecular weight is 376 g/mol. The topological polar surface area (TPSA) is 50.1 Å². The summed E-state index contributed by atoms with van der Waals surface area (Å²) >= 11 is 0. The number of unbranched alkanes of at least 4 members (excludes halogenated alkanes) is 9. The second kappa shape index (κ2) is 9.94. The van der Waals surface area contributed by atoms with E-state index in [2.05, 4.69) is 6.07 Å². The van der Waals surface area contributed by atoms with E-state index >= 15 is 0 Å². The fourth-order valence-corrected chi connectivity index (χ4v) is 4.00. The molecule has 2 aliphatic carbocycles. The van der Waals surface area contributed by atoms with Gasteiger partial charge in [-0.1, -0.05) is 64.2 Å². The Balaban J connectivity index is 1.37. The Hall–Kier alpha value is -1.04. The summed E-state index contributed by atoms with van der Waals surface area (Å²) < 4.78 is 5.59. The normalized spacial score (nSPS) is 19.3. The van der Waals surface area contributed by atoms with Gasteiger partial charge in [0.15, 0.2) is 0 Å². The lowest BCUT2D eigenvalue weighted by atomic mass is 9.97. The van der Waals surface area contributed by atoms with Crippen LogP contribution in [0.3, 0.4) is 0 Å². The van der Waals surface area contributed by atoms with E-state index in [4.69, 9.17) is 10.00 Å². The highest BCUT2D eigenvalue weighted by molar-refractivity contribution is 5.80. The third-order valence-electron chi connectivity index (χ3n) is 6.34. The van der Waals surface area contributed by atoms with Crippen molar-refractivity contribution in [2.75, 3.05) is 0 Å². The van der Waals surface area contributed by atoms with Gasteiger partial charge in [-0.25, -0.2) is 0 Å². The number of esters is 1.